The van der Waals surface area contributed by atoms with E-state index in [0.29, 0.717) is 35.5 Å². The molecule has 11 heteroatoms. The molecule has 0 aliphatic rings. The summed E-state index contributed by atoms with van der Waals surface area (Å²) in [7, 11) is -0.675. The number of carbonyl (C=O) groups is 1. The predicted octanol–water partition coefficient (Wildman–Crippen LogP) is 4.10. The summed E-state index contributed by atoms with van der Waals surface area (Å²) in [5.41, 5.74) is 2.32. The number of hydrogen-bond acceptors (Lipinski definition) is 8. The number of carbonyl (C=O) groups excluding carboxylic acids is 1. The zero-order chi connectivity index (χ0) is 25.5. The Balaban J connectivity index is 1.32. The number of oxazole rings is 1. The molecule has 1 heterocycles. The van der Waals surface area contributed by atoms with Crippen LogP contribution in [0, 0.1) is 0 Å². The average Bonchev–Trinajstić information content (AvgIpc) is 3.30. The summed E-state index contributed by atoms with van der Waals surface area (Å²) in [5.74, 6) is 1.39. The third-order valence-corrected chi connectivity index (χ3v) is 7.42. The Kier molecular flexibility index (Phi) is 8.01. The van der Waals surface area contributed by atoms with Crippen LogP contribution >= 0.6 is 11.8 Å². The summed E-state index contributed by atoms with van der Waals surface area (Å²) in [6.07, 6.45) is 0.700. The van der Waals surface area contributed by atoms with Gasteiger partial charge in [-0.15, -0.1) is 0 Å². The van der Waals surface area contributed by atoms with Crippen molar-refractivity contribution in [3.05, 3.63) is 72.3 Å². The molecule has 188 valence electrons. The normalized spacial score (nSPS) is 11.3. The molecule has 0 radical (unpaired) electrons. The molecular formula is C25H25N3O6S2. The molecule has 1 amide bonds. The number of aromatic nitrogens is 1. The molecule has 1 aromatic heterocycles. The first-order valence-corrected chi connectivity index (χ1v) is 13.4. The number of anilines is 1. The molecule has 36 heavy (non-hydrogen) atoms. The van der Waals surface area contributed by atoms with Crippen LogP contribution in [0.3, 0.4) is 0 Å². The summed E-state index contributed by atoms with van der Waals surface area (Å²) in [5, 5.41) is 3.15. The van der Waals surface area contributed by atoms with E-state index in [-0.39, 0.29) is 21.8 Å². The maximum Gasteiger partial charge on any atom is 0.261 e. The minimum atomic E-state index is -3.83. The zero-order valence-electron chi connectivity index (χ0n) is 19.7. The molecule has 0 atom stereocenters. The number of ether oxygens (including phenoxy) is 2. The first-order valence-electron chi connectivity index (χ1n) is 11.0. The van der Waals surface area contributed by atoms with Gasteiger partial charge in [-0.25, -0.2) is 13.4 Å². The van der Waals surface area contributed by atoms with Gasteiger partial charge in [-0.2, -0.15) is 0 Å². The van der Waals surface area contributed by atoms with Crippen molar-refractivity contribution >= 4 is 44.5 Å². The van der Waals surface area contributed by atoms with E-state index in [0.717, 1.165) is 23.1 Å². The summed E-state index contributed by atoms with van der Waals surface area (Å²) in [4.78, 5) is 16.6. The van der Waals surface area contributed by atoms with Crippen molar-refractivity contribution in [1.29, 1.82) is 0 Å². The van der Waals surface area contributed by atoms with Crippen molar-refractivity contribution in [3.8, 4) is 11.5 Å². The van der Waals surface area contributed by atoms with E-state index in [1.54, 1.807) is 37.4 Å². The van der Waals surface area contributed by atoms with Gasteiger partial charge >= 0.3 is 0 Å². The number of amides is 1. The molecule has 0 saturated carbocycles. The topological polar surface area (TPSA) is 120 Å². The molecule has 0 bridgehead atoms. The largest absolute Gasteiger partial charge is 0.497 e. The molecule has 3 aromatic carbocycles. The number of sulfonamides is 1. The fourth-order valence-electron chi connectivity index (χ4n) is 3.30. The fraction of sp³-hybridized carbons (Fsp3) is 0.200. The van der Waals surface area contributed by atoms with Crippen LogP contribution in [0.4, 0.5) is 5.69 Å². The second-order valence-electron chi connectivity index (χ2n) is 7.68. The number of nitrogens with zero attached hydrogens (tertiary/aromatic N) is 1. The second-order valence-corrected chi connectivity index (χ2v) is 10.3. The molecular weight excluding hydrogens is 502 g/mol. The van der Waals surface area contributed by atoms with Crippen molar-refractivity contribution in [2.45, 2.75) is 16.5 Å². The van der Waals surface area contributed by atoms with Crippen LogP contribution in [-0.2, 0) is 21.2 Å². The first kappa shape index (κ1) is 25.4. The number of rotatable bonds is 11. The van der Waals surface area contributed by atoms with E-state index in [1.165, 1.54) is 19.2 Å². The lowest BCUT2D eigenvalue weighted by atomic mass is 10.1. The predicted molar refractivity (Wildman–Crippen MR) is 138 cm³/mol. The highest BCUT2D eigenvalue weighted by molar-refractivity contribution is 7.99. The molecule has 2 N–H and O–H groups in total. The number of methoxy groups -OCH3 is 2. The number of benzene rings is 3. The molecule has 0 fully saturated rings. The summed E-state index contributed by atoms with van der Waals surface area (Å²) in [6.45, 7) is 0.502. The number of thioether (sulfide) groups is 1. The Bertz CT molecular complexity index is 1440. The Labute approximate surface area is 213 Å². The Hall–Kier alpha value is -3.70. The lowest BCUT2D eigenvalue weighted by Gasteiger charge is -2.08. The van der Waals surface area contributed by atoms with Crippen molar-refractivity contribution in [1.82, 2.24) is 10.3 Å². The van der Waals surface area contributed by atoms with E-state index in [9.17, 15) is 13.2 Å². The second kappa shape index (κ2) is 11.4. The highest BCUT2D eigenvalue weighted by Gasteiger charge is 2.17. The molecule has 9 nitrogen and oxygen atoms in total. The zero-order valence-corrected chi connectivity index (χ0v) is 21.3. The third-order valence-electron chi connectivity index (χ3n) is 5.21. The van der Waals surface area contributed by atoms with Gasteiger partial charge in [0.15, 0.2) is 5.58 Å². The monoisotopic (exact) mass is 527 g/mol. The lowest BCUT2D eigenvalue weighted by molar-refractivity contribution is -0.118. The first-order chi connectivity index (χ1) is 17.4. The standard InChI is InChI=1S/C25H25N3O6S2/c1-32-19-7-3-17(4-8-19)13-14-26-24(29)16-35-25-27-22-15-21(11-12-23(22)34-25)36(30,31)28-18-5-9-20(33-2)10-6-18/h3-12,15,28H,13-14,16H2,1-2H3,(H,26,29). The van der Waals surface area contributed by atoms with Crippen molar-refractivity contribution in [2.75, 3.05) is 31.2 Å². The van der Waals surface area contributed by atoms with Crippen molar-refractivity contribution in [3.63, 3.8) is 0 Å². The van der Waals surface area contributed by atoms with Crippen LogP contribution in [0.5, 0.6) is 11.5 Å². The van der Waals surface area contributed by atoms with E-state index >= 15 is 0 Å². The van der Waals surface area contributed by atoms with E-state index in [4.69, 9.17) is 13.9 Å². The number of fused-ring (bicyclic) bond motifs is 1. The fourth-order valence-corrected chi connectivity index (χ4v) is 5.05. The van der Waals surface area contributed by atoms with Crippen LogP contribution in [0.15, 0.2) is 81.3 Å². The maximum atomic E-state index is 12.8. The Morgan fingerprint density at radius 3 is 2.31 bits per heavy atom. The van der Waals surface area contributed by atoms with Gasteiger partial charge in [-0.3, -0.25) is 9.52 Å². The van der Waals surface area contributed by atoms with Gasteiger partial charge in [0.05, 0.1) is 24.9 Å². The number of nitrogens with one attached hydrogen (secondary N) is 2. The van der Waals surface area contributed by atoms with Gasteiger partial charge in [0, 0.05) is 12.2 Å². The van der Waals surface area contributed by atoms with Crippen molar-refractivity contribution in [2.24, 2.45) is 0 Å². The molecule has 0 spiro atoms. The smallest absolute Gasteiger partial charge is 0.261 e. The van der Waals surface area contributed by atoms with Gasteiger partial charge in [-0.1, -0.05) is 23.9 Å². The minimum Gasteiger partial charge on any atom is -0.497 e. The summed E-state index contributed by atoms with van der Waals surface area (Å²) >= 11 is 1.14. The third kappa shape index (κ3) is 6.49. The van der Waals surface area contributed by atoms with E-state index < -0.39 is 10.0 Å². The molecule has 0 aliphatic carbocycles. The highest BCUT2D eigenvalue weighted by Crippen LogP contribution is 2.26. The quantitative estimate of drug-likeness (QED) is 0.280. The highest BCUT2D eigenvalue weighted by atomic mass is 32.2. The average molecular weight is 528 g/mol. The molecule has 0 unspecified atom stereocenters. The van der Waals surface area contributed by atoms with Gasteiger partial charge < -0.3 is 19.2 Å². The molecule has 0 aliphatic heterocycles. The lowest BCUT2D eigenvalue weighted by Crippen LogP contribution is -2.27. The van der Waals surface area contributed by atoms with Crippen LogP contribution in [0.2, 0.25) is 0 Å². The van der Waals surface area contributed by atoms with Gasteiger partial charge in [0.25, 0.3) is 15.2 Å². The summed E-state index contributed by atoms with van der Waals surface area (Å²) in [6, 6.07) is 18.7. The SMILES string of the molecule is COc1ccc(CCNC(=O)CSc2nc3cc(S(=O)(=O)Nc4ccc(OC)cc4)ccc3o2)cc1. The van der Waals surface area contributed by atoms with Crippen molar-refractivity contribution < 1.29 is 27.1 Å². The van der Waals surface area contributed by atoms with Crippen LogP contribution in [0.1, 0.15) is 5.56 Å². The van der Waals surface area contributed by atoms with Crippen LogP contribution in [-0.4, -0.2) is 45.8 Å². The van der Waals surface area contributed by atoms with Crippen LogP contribution in [0.25, 0.3) is 11.1 Å². The minimum absolute atomic E-state index is 0.0481. The van der Waals surface area contributed by atoms with E-state index in [2.05, 4.69) is 15.0 Å². The maximum absolute atomic E-state index is 12.8. The molecule has 0 saturated heterocycles. The van der Waals surface area contributed by atoms with Gasteiger partial charge in [0.2, 0.25) is 5.91 Å². The number of hydrogen-bond donors (Lipinski definition) is 2. The van der Waals surface area contributed by atoms with Gasteiger partial charge in [-0.05, 0) is 66.6 Å². The summed E-state index contributed by atoms with van der Waals surface area (Å²) < 4.78 is 44.0. The van der Waals surface area contributed by atoms with E-state index in [1.807, 2.05) is 24.3 Å². The van der Waals surface area contributed by atoms with Crippen LogP contribution < -0.4 is 19.5 Å². The molecule has 4 aromatic rings. The molecule has 4 rings (SSSR count). The van der Waals surface area contributed by atoms with Gasteiger partial charge in [0.1, 0.15) is 17.0 Å². The Morgan fingerprint density at radius 1 is 0.972 bits per heavy atom. The Morgan fingerprint density at radius 2 is 1.64 bits per heavy atom.